The van der Waals surface area contributed by atoms with E-state index in [-0.39, 0.29) is 39.3 Å². The molecular weight excluding hydrogens is 452 g/mol. The minimum atomic E-state index is -4.36. The number of alkyl halides is 6. The number of benzene rings is 2. The van der Waals surface area contributed by atoms with Gasteiger partial charge in [-0.3, -0.25) is 5.41 Å². The van der Waals surface area contributed by atoms with Crippen molar-refractivity contribution >= 4 is 41.9 Å². The van der Waals surface area contributed by atoms with Gasteiger partial charge in [-0.1, -0.05) is 24.3 Å². The van der Waals surface area contributed by atoms with E-state index in [9.17, 15) is 26.3 Å². The molecule has 0 aliphatic heterocycles. The van der Waals surface area contributed by atoms with Crippen LogP contribution in [0.4, 0.5) is 26.3 Å². The minimum Gasteiger partial charge on any atom is -0.266 e. The standard InChI is InChI=1S/C17H13F6N5S2/c18-16(19,20)29-13-5-1-11(2-6-13)9-25-27-15(24)28-26-10-12-3-7-14(8-4-12)30-17(21,22)23/h1-10H,(H3,24,27,28)/b25-9+,26-10+. The fourth-order valence-corrected chi connectivity index (χ4v) is 2.96. The molecule has 0 saturated carbocycles. The van der Waals surface area contributed by atoms with E-state index in [1.165, 1.54) is 61.0 Å². The van der Waals surface area contributed by atoms with Crippen molar-refractivity contribution in [3.63, 3.8) is 0 Å². The molecule has 2 aromatic carbocycles. The average Bonchev–Trinajstić information content (AvgIpc) is 2.62. The van der Waals surface area contributed by atoms with Crippen LogP contribution in [0.15, 0.2) is 68.5 Å². The van der Waals surface area contributed by atoms with Crippen LogP contribution >= 0.6 is 23.5 Å². The Balaban J connectivity index is 1.78. The molecule has 2 aromatic rings. The topological polar surface area (TPSA) is 72.6 Å². The average molecular weight is 465 g/mol. The zero-order chi connectivity index (χ0) is 22.2. The second-order valence-electron chi connectivity index (χ2n) is 5.35. The Kier molecular flexibility index (Phi) is 8.17. The number of nitrogens with zero attached hydrogens (tertiary/aromatic N) is 2. The molecule has 0 saturated heterocycles. The van der Waals surface area contributed by atoms with Gasteiger partial charge in [0.1, 0.15) is 0 Å². The van der Waals surface area contributed by atoms with Gasteiger partial charge in [0.05, 0.1) is 12.4 Å². The lowest BCUT2D eigenvalue weighted by Crippen LogP contribution is -2.29. The van der Waals surface area contributed by atoms with E-state index in [0.29, 0.717) is 11.1 Å². The van der Waals surface area contributed by atoms with Crippen LogP contribution in [-0.2, 0) is 0 Å². The predicted molar refractivity (Wildman–Crippen MR) is 106 cm³/mol. The Labute approximate surface area is 175 Å². The molecule has 0 spiro atoms. The molecule has 0 amide bonds. The highest BCUT2D eigenvalue weighted by atomic mass is 32.2. The summed E-state index contributed by atoms with van der Waals surface area (Å²) in [6, 6.07) is 10.9. The van der Waals surface area contributed by atoms with Gasteiger partial charge in [0.2, 0.25) is 5.96 Å². The summed E-state index contributed by atoms with van der Waals surface area (Å²) in [4.78, 5) is 0.0859. The molecule has 30 heavy (non-hydrogen) atoms. The summed E-state index contributed by atoms with van der Waals surface area (Å²) in [6.45, 7) is 0. The zero-order valence-electron chi connectivity index (χ0n) is 14.8. The number of guanidine groups is 1. The monoisotopic (exact) mass is 465 g/mol. The third-order valence-corrected chi connectivity index (χ3v) is 4.49. The van der Waals surface area contributed by atoms with Crippen molar-refractivity contribution in [2.45, 2.75) is 20.8 Å². The fourth-order valence-electron chi connectivity index (χ4n) is 1.88. The summed E-state index contributed by atoms with van der Waals surface area (Å²) < 4.78 is 73.6. The number of hydrogen-bond acceptors (Lipinski definition) is 5. The van der Waals surface area contributed by atoms with E-state index < -0.39 is 11.0 Å². The number of rotatable bonds is 6. The van der Waals surface area contributed by atoms with E-state index in [1.807, 2.05) is 0 Å². The first-order chi connectivity index (χ1) is 14.0. The van der Waals surface area contributed by atoms with Gasteiger partial charge >= 0.3 is 11.0 Å². The van der Waals surface area contributed by atoms with Crippen molar-refractivity contribution in [3.05, 3.63) is 59.7 Å². The Morgan fingerprint density at radius 1 is 0.700 bits per heavy atom. The molecule has 0 radical (unpaired) electrons. The van der Waals surface area contributed by atoms with Crippen molar-refractivity contribution in [2.75, 3.05) is 0 Å². The summed E-state index contributed by atoms with van der Waals surface area (Å²) >= 11 is -0.446. The Bertz CT molecular complexity index is 819. The first kappa shape index (κ1) is 23.6. The van der Waals surface area contributed by atoms with Crippen LogP contribution in [0, 0.1) is 5.41 Å². The van der Waals surface area contributed by atoms with Crippen molar-refractivity contribution in [3.8, 4) is 0 Å². The molecular formula is C17H13F6N5S2. The second-order valence-corrected chi connectivity index (χ2v) is 7.63. The summed E-state index contributed by atoms with van der Waals surface area (Å²) in [6.07, 6.45) is 2.61. The smallest absolute Gasteiger partial charge is 0.266 e. The largest absolute Gasteiger partial charge is 0.446 e. The van der Waals surface area contributed by atoms with E-state index in [1.54, 1.807) is 0 Å². The second kappa shape index (κ2) is 10.4. The highest BCUT2D eigenvalue weighted by Gasteiger charge is 2.29. The highest BCUT2D eigenvalue weighted by Crippen LogP contribution is 2.37. The molecule has 0 unspecified atom stereocenters. The Morgan fingerprint density at radius 2 is 1.03 bits per heavy atom. The zero-order valence-corrected chi connectivity index (χ0v) is 16.4. The first-order valence-electron chi connectivity index (χ1n) is 7.88. The third-order valence-electron chi connectivity index (χ3n) is 3.01. The molecule has 0 bridgehead atoms. The van der Waals surface area contributed by atoms with Crippen molar-refractivity contribution in [1.82, 2.24) is 10.9 Å². The maximum Gasteiger partial charge on any atom is 0.446 e. The van der Waals surface area contributed by atoms with Crippen LogP contribution in [0.1, 0.15) is 11.1 Å². The van der Waals surface area contributed by atoms with Crippen LogP contribution in [0.2, 0.25) is 0 Å². The molecule has 13 heteroatoms. The molecule has 0 aliphatic carbocycles. The van der Waals surface area contributed by atoms with Gasteiger partial charge in [-0.25, -0.2) is 10.9 Å². The predicted octanol–water partition coefficient (Wildman–Crippen LogP) is 5.39. The van der Waals surface area contributed by atoms with Crippen molar-refractivity contribution in [2.24, 2.45) is 10.2 Å². The van der Waals surface area contributed by atoms with E-state index in [2.05, 4.69) is 21.1 Å². The van der Waals surface area contributed by atoms with Gasteiger partial charge in [-0.05, 0) is 58.9 Å². The number of nitrogens with one attached hydrogen (secondary N) is 3. The lowest BCUT2D eigenvalue weighted by molar-refractivity contribution is -0.0337. The van der Waals surface area contributed by atoms with E-state index in [4.69, 9.17) is 5.41 Å². The number of thioether (sulfide) groups is 2. The third kappa shape index (κ3) is 9.69. The molecule has 0 atom stereocenters. The molecule has 2 rings (SSSR count). The first-order valence-corrected chi connectivity index (χ1v) is 9.52. The summed E-state index contributed by atoms with van der Waals surface area (Å²) in [5, 5.41) is 15.1. The van der Waals surface area contributed by atoms with Gasteiger partial charge in [-0.15, -0.1) is 0 Å². The quantitative estimate of drug-likeness (QED) is 0.176. The highest BCUT2D eigenvalue weighted by molar-refractivity contribution is 8.00. The van der Waals surface area contributed by atoms with Crippen LogP contribution < -0.4 is 10.9 Å². The molecule has 0 heterocycles. The van der Waals surface area contributed by atoms with Crippen LogP contribution in [-0.4, -0.2) is 29.4 Å². The minimum absolute atomic E-state index is 0.0430. The maximum atomic E-state index is 12.3. The summed E-state index contributed by atoms with van der Waals surface area (Å²) in [5.41, 5.74) is -3.05. The molecule has 0 fully saturated rings. The van der Waals surface area contributed by atoms with Crippen molar-refractivity contribution in [1.29, 1.82) is 5.41 Å². The van der Waals surface area contributed by atoms with Gasteiger partial charge < -0.3 is 0 Å². The van der Waals surface area contributed by atoms with Gasteiger partial charge in [-0.2, -0.15) is 36.5 Å². The Hall–Kier alpha value is -2.67. The molecule has 3 N–H and O–H groups in total. The summed E-state index contributed by atoms with van der Waals surface area (Å²) in [5.74, 6) is -0.295. The molecule has 160 valence electrons. The van der Waals surface area contributed by atoms with Gasteiger partial charge in [0.25, 0.3) is 0 Å². The number of hydrazone groups is 2. The molecule has 5 nitrogen and oxygen atoms in total. The lowest BCUT2D eigenvalue weighted by Gasteiger charge is -2.05. The lowest BCUT2D eigenvalue weighted by atomic mass is 10.2. The normalized spacial score (nSPS) is 12.5. The molecule has 0 aromatic heterocycles. The van der Waals surface area contributed by atoms with E-state index in [0.717, 1.165) is 0 Å². The Morgan fingerprint density at radius 3 is 1.33 bits per heavy atom. The van der Waals surface area contributed by atoms with Crippen LogP contribution in [0.5, 0.6) is 0 Å². The maximum absolute atomic E-state index is 12.3. The summed E-state index contributed by atoms with van der Waals surface area (Å²) in [7, 11) is 0. The fraction of sp³-hybridized carbons (Fsp3) is 0.118. The van der Waals surface area contributed by atoms with Crippen LogP contribution in [0.3, 0.4) is 0 Å². The SMILES string of the molecule is N=C(N/N=C/c1ccc(SC(F)(F)F)cc1)N/N=C/c1ccc(SC(F)(F)F)cc1. The molecule has 0 aliphatic rings. The van der Waals surface area contributed by atoms with Crippen LogP contribution in [0.25, 0.3) is 0 Å². The van der Waals surface area contributed by atoms with Crippen molar-refractivity contribution < 1.29 is 26.3 Å². The van der Waals surface area contributed by atoms with E-state index >= 15 is 0 Å². The van der Waals surface area contributed by atoms with Gasteiger partial charge in [0.15, 0.2) is 0 Å². The van der Waals surface area contributed by atoms with Gasteiger partial charge in [0, 0.05) is 9.79 Å². The number of hydrogen-bond donors (Lipinski definition) is 3. The number of halogens is 6.